The molecule has 1 fully saturated rings. The molecule has 1 N–H and O–H groups in total. The Morgan fingerprint density at radius 3 is 2.63 bits per heavy atom. The molecule has 0 aliphatic carbocycles. The first-order chi connectivity index (χ1) is 14.5. The monoisotopic (exact) mass is 443 g/mol. The summed E-state index contributed by atoms with van der Waals surface area (Å²) in [7, 11) is -3.58. The van der Waals surface area contributed by atoms with Crippen molar-refractivity contribution in [3.63, 3.8) is 0 Å². The molecule has 0 unspecified atom stereocenters. The van der Waals surface area contributed by atoms with Gasteiger partial charge < -0.3 is 10.1 Å². The smallest absolute Gasteiger partial charge is 0.338 e. The third-order valence-electron chi connectivity index (χ3n) is 4.70. The zero-order chi connectivity index (χ0) is 21.0. The molecule has 30 heavy (non-hydrogen) atoms. The zero-order valence-corrected chi connectivity index (χ0v) is 17.8. The highest BCUT2D eigenvalue weighted by atomic mass is 32.2. The number of benzene rings is 2. The number of aromatic nitrogens is 1. The van der Waals surface area contributed by atoms with Crippen molar-refractivity contribution < 1.29 is 17.9 Å². The lowest BCUT2D eigenvalue weighted by Crippen LogP contribution is -2.28. The van der Waals surface area contributed by atoms with E-state index in [0.29, 0.717) is 23.9 Å². The molecular weight excluding hydrogens is 422 g/mol. The predicted octanol–water partition coefficient (Wildman–Crippen LogP) is 4.03. The molecule has 3 aromatic rings. The number of anilines is 2. The van der Waals surface area contributed by atoms with Crippen LogP contribution in [0.15, 0.2) is 64.9 Å². The summed E-state index contributed by atoms with van der Waals surface area (Å²) in [6, 6.07) is 15.6. The summed E-state index contributed by atoms with van der Waals surface area (Å²) in [5.74, 6) is -0.584. The van der Waals surface area contributed by atoms with Gasteiger partial charge in [-0.15, -0.1) is 11.3 Å². The number of hydrogen-bond acceptors (Lipinski definition) is 7. The minimum Gasteiger partial charge on any atom is -0.456 e. The van der Waals surface area contributed by atoms with Gasteiger partial charge in [0, 0.05) is 24.2 Å². The van der Waals surface area contributed by atoms with Crippen LogP contribution in [0.5, 0.6) is 0 Å². The fraction of sp³-hybridized carbons (Fsp3) is 0.238. The van der Waals surface area contributed by atoms with Gasteiger partial charge in [0.25, 0.3) is 0 Å². The van der Waals surface area contributed by atoms with Crippen LogP contribution in [-0.2, 0) is 21.4 Å². The summed E-state index contributed by atoms with van der Waals surface area (Å²) in [5, 5.41) is 5.70. The van der Waals surface area contributed by atoms with Crippen molar-refractivity contribution in [1.82, 2.24) is 9.29 Å². The summed E-state index contributed by atoms with van der Waals surface area (Å²) in [6.07, 6.45) is 1.71. The Morgan fingerprint density at radius 1 is 1.10 bits per heavy atom. The predicted molar refractivity (Wildman–Crippen MR) is 115 cm³/mol. The topological polar surface area (TPSA) is 88.6 Å². The van der Waals surface area contributed by atoms with Crippen molar-refractivity contribution in [3.8, 4) is 0 Å². The van der Waals surface area contributed by atoms with E-state index in [0.717, 1.165) is 18.5 Å². The maximum atomic E-state index is 12.7. The van der Waals surface area contributed by atoms with E-state index in [1.807, 2.05) is 35.7 Å². The summed E-state index contributed by atoms with van der Waals surface area (Å²) in [6.45, 7) is 1.04. The molecule has 2 heterocycles. The number of para-hydroxylation sites is 1. The standard InChI is InChI=1S/C21H21N3O4S2/c25-20(16-7-6-10-19(13-16)30(26,27)24-11-4-5-12-24)28-14-18-15-29-21(23-18)22-17-8-2-1-3-9-17/h1-3,6-10,13,15H,4-5,11-12,14H2,(H,22,23). The first kappa shape index (κ1) is 20.5. The Labute approximate surface area is 179 Å². The number of thiazole rings is 1. The van der Waals surface area contributed by atoms with Crippen molar-refractivity contribution >= 4 is 38.1 Å². The summed E-state index contributed by atoms with van der Waals surface area (Å²) >= 11 is 1.41. The number of esters is 1. The van der Waals surface area contributed by atoms with Crippen LogP contribution in [0.1, 0.15) is 28.9 Å². The van der Waals surface area contributed by atoms with Crippen LogP contribution in [0, 0.1) is 0 Å². The van der Waals surface area contributed by atoms with E-state index in [-0.39, 0.29) is 17.1 Å². The van der Waals surface area contributed by atoms with E-state index in [1.54, 1.807) is 12.1 Å². The third kappa shape index (κ3) is 4.69. The Bertz CT molecular complexity index is 1120. The molecule has 4 rings (SSSR count). The first-order valence-corrected chi connectivity index (χ1v) is 11.9. The molecule has 0 saturated carbocycles. The molecule has 2 aromatic carbocycles. The molecule has 9 heteroatoms. The number of sulfonamides is 1. The maximum Gasteiger partial charge on any atom is 0.338 e. The Hall–Kier alpha value is -2.75. The highest BCUT2D eigenvalue weighted by molar-refractivity contribution is 7.89. The number of hydrogen-bond donors (Lipinski definition) is 1. The van der Waals surface area contributed by atoms with E-state index in [2.05, 4.69) is 10.3 Å². The number of nitrogens with zero attached hydrogens (tertiary/aromatic N) is 2. The van der Waals surface area contributed by atoms with E-state index >= 15 is 0 Å². The minimum absolute atomic E-state index is 0.00883. The van der Waals surface area contributed by atoms with Crippen LogP contribution >= 0.6 is 11.3 Å². The zero-order valence-electron chi connectivity index (χ0n) is 16.2. The second-order valence-electron chi connectivity index (χ2n) is 6.85. The quantitative estimate of drug-likeness (QED) is 0.555. The van der Waals surface area contributed by atoms with Gasteiger partial charge in [0.1, 0.15) is 6.61 Å². The summed E-state index contributed by atoms with van der Waals surface area (Å²) in [4.78, 5) is 17.0. The highest BCUT2D eigenvalue weighted by Gasteiger charge is 2.27. The number of ether oxygens (including phenoxy) is 1. The van der Waals surface area contributed by atoms with Crippen molar-refractivity contribution in [3.05, 3.63) is 71.2 Å². The molecule has 1 aliphatic rings. The molecule has 0 spiro atoms. The maximum absolute atomic E-state index is 12.7. The first-order valence-electron chi connectivity index (χ1n) is 9.56. The number of carbonyl (C=O) groups is 1. The van der Waals surface area contributed by atoms with E-state index in [4.69, 9.17) is 4.74 Å². The molecule has 1 aliphatic heterocycles. The molecule has 0 amide bonds. The van der Waals surface area contributed by atoms with Crippen molar-refractivity contribution in [2.75, 3.05) is 18.4 Å². The van der Waals surface area contributed by atoms with Crippen LogP contribution in [0.4, 0.5) is 10.8 Å². The molecule has 156 valence electrons. The van der Waals surface area contributed by atoms with Crippen LogP contribution in [-0.4, -0.2) is 36.8 Å². The van der Waals surface area contributed by atoms with Gasteiger partial charge in [0.15, 0.2) is 5.13 Å². The number of carbonyl (C=O) groups excluding carboxylic acids is 1. The Morgan fingerprint density at radius 2 is 1.87 bits per heavy atom. The fourth-order valence-electron chi connectivity index (χ4n) is 3.16. The van der Waals surface area contributed by atoms with Crippen LogP contribution in [0.25, 0.3) is 0 Å². The summed E-state index contributed by atoms with van der Waals surface area (Å²) in [5.41, 5.74) is 1.74. The highest BCUT2D eigenvalue weighted by Crippen LogP contribution is 2.23. The van der Waals surface area contributed by atoms with Crippen LogP contribution in [0.2, 0.25) is 0 Å². The third-order valence-corrected chi connectivity index (χ3v) is 7.40. The summed E-state index contributed by atoms with van der Waals surface area (Å²) < 4.78 is 32.2. The SMILES string of the molecule is O=C(OCc1csc(Nc2ccccc2)n1)c1cccc(S(=O)(=O)N2CCCC2)c1. The van der Waals surface area contributed by atoms with E-state index in [1.165, 1.54) is 27.8 Å². The van der Waals surface area contributed by atoms with Crippen molar-refractivity contribution in [2.24, 2.45) is 0 Å². The lowest BCUT2D eigenvalue weighted by atomic mass is 10.2. The van der Waals surface area contributed by atoms with Gasteiger partial charge in [0.2, 0.25) is 10.0 Å². The van der Waals surface area contributed by atoms with Gasteiger partial charge in [-0.1, -0.05) is 24.3 Å². The Kier molecular flexibility index (Phi) is 6.12. The largest absolute Gasteiger partial charge is 0.456 e. The minimum atomic E-state index is -3.58. The molecule has 0 bridgehead atoms. The second kappa shape index (κ2) is 8.95. The van der Waals surface area contributed by atoms with Gasteiger partial charge >= 0.3 is 5.97 Å². The lowest BCUT2D eigenvalue weighted by molar-refractivity contribution is 0.0468. The van der Waals surface area contributed by atoms with Crippen LogP contribution < -0.4 is 5.32 Å². The van der Waals surface area contributed by atoms with Gasteiger partial charge in [-0.05, 0) is 43.2 Å². The van der Waals surface area contributed by atoms with Crippen LogP contribution in [0.3, 0.4) is 0 Å². The molecule has 0 atom stereocenters. The normalized spacial score (nSPS) is 14.5. The van der Waals surface area contributed by atoms with Gasteiger partial charge in [0.05, 0.1) is 16.2 Å². The van der Waals surface area contributed by atoms with Gasteiger partial charge in [-0.25, -0.2) is 18.2 Å². The lowest BCUT2D eigenvalue weighted by Gasteiger charge is -2.15. The molecule has 1 aromatic heterocycles. The molecule has 1 saturated heterocycles. The average molecular weight is 444 g/mol. The number of nitrogens with one attached hydrogen (secondary N) is 1. The second-order valence-corrected chi connectivity index (χ2v) is 9.65. The van der Waals surface area contributed by atoms with Crippen molar-refractivity contribution in [1.29, 1.82) is 0 Å². The van der Waals surface area contributed by atoms with E-state index < -0.39 is 16.0 Å². The Balaban J connectivity index is 1.39. The average Bonchev–Trinajstić information content (AvgIpc) is 3.46. The molecule has 0 radical (unpaired) electrons. The number of rotatable bonds is 7. The molecular formula is C21H21N3O4S2. The fourth-order valence-corrected chi connectivity index (χ4v) is 5.44. The van der Waals surface area contributed by atoms with Crippen molar-refractivity contribution in [2.45, 2.75) is 24.3 Å². The van der Waals surface area contributed by atoms with Gasteiger partial charge in [-0.2, -0.15) is 4.31 Å². The molecule has 7 nitrogen and oxygen atoms in total. The van der Waals surface area contributed by atoms with Gasteiger partial charge in [-0.3, -0.25) is 0 Å². The van der Waals surface area contributed by atoms with E-state index in [9.17, 15) is 13.2 Å².